The first kappa shape index (κ1) is 21.8. The molecule has 144 valence electrons. The van der Waals surface area contributed by atoms with E-state index < -0.39 is 17.7 Å². The van der Waals surface area contributed by atoms with Crippen molar-refractivity contribution in [3.05, 3.63) is 34.9 Å². The number of nitrogens with two attached hydrogens (primary N) is 1. The number of rotatable bonds is 4. The number of aldehydes is 1. The Morgan fingerprint density at radius 3 is 2.38 bits per heavy atom. The molecule has 1 aromatic rings. The predicted octanol–water partition coefficient (Wildman–Crippen LogP) is 3.93. The minimum Gasteiger partial charge on any atom is -0.387 e. The van der Waals surface area contributed by atoms with Gasteiger partial charge >= 0.3 is 12.1 Å². The number of hydrogen-bond donors (Lipinski definition) is 2. The highest BCUT2D eigenvalue weighted by atomic mass is 19.4. The molecule has 0 bridgehead atoms. The average molecular weight is 377 g/mol. The molecule has 0 amide bonds. The lowest BCUT2D eigenvalue weighted by Gasteiger charge is -2.20. The van der Waals surface area contributed by atoms with Crippen LogP contribution in [0.5, 0.6) is 0 Å². The topological polar surface area (TPSA) is 67.5 Å². The molecule has 0 fully saturated rings. The molecule has 0 atom stereocenters. The first-order chi connectivity index (χ1) is 12.1. The monoisotopic (exact) mass is 377 g/mol. The van der Waals surface area contributed by atoms with Crippen LogP contribution < -0.4 is 11.1 Å². The Morgan fingerprint density at radius 2 is 1.92 bits per heavy atom. The number of carbonyl (C=O) groups excluding carboxylic acids is 1. The van der Waals surface area contributed by atoms with Gasteiger partial charge in [0.1, 0.15) is 12.1 Å². The zero-order chi connectivity index (χ0) is 20.0. The van der Waals surface area contributed by atoms with Crippen molar-refractivity contribution >= 4 is 23.9 Å². The summed E-state index contributed by atoms with van der Waals surface area (Å²) in [6.45, 7) is 3.29. The molecule has 1 heterocycles. The van der Waals surface area contributed by atoms with Crippen molar-refractivity contribution in [3.63, 3.8) is 0 Å². The summed E-state index contributed by atoms with van der Waals surface area (Å²) >= 11 is 0. The Hall–Kier alpha value is -2.29. The van der Waals surface area contributed by atoms with Crippen LogP contribution in [0.4, 0.5) is 27.6 Å². The Morgan fingerprint density at radius 1 is 1.27 bits per heavy atom. The summed E-state index contributed by atoms with van der Waals surface area (Å²) in [7, 11) is 1.96. The second-order valence-corrected chi connectivity index (χ2v) is 5.57. The predicted molar refractivity (Wildman–Crippen MR) is 90.5 cm³/mol. The Labute approximate surface area is 148 Å². The van der Waals surface area contributed by atoms with Gasteiger partial charge in [-0.3, -0.25) is 4.79 Å². The molecule has 1 aliphatic heterocycles. The molecule has 0 aromatic heterocycles. The average Bonchev–Trinajstić information content (AvgIpc) is 2.71. The standard InChI is InChI=1S/C13H9F5N2O.C4H11N/c14-12(15,13(16,17)18)9-2-1-8-3-7(6-21)4-11(19)20-10(8)5-9;1-3-4-5-2/h1-3,5-6H,4H2,(H2,19,20);5H,3-4H2,1-2H3. The molecule has 0 aliphatic carbocycles. The van der Waals surface area contributed by atoms with Gasteiger partial charge in [-0.25, -0.2) is 4.99 Å². The van der Waals surface area contributed by atoms with Crippen molar-refractivity contribution < 1.29 is 26.7 Å². The number of fused-ring (bicyclic) bond motifs is 1. The molecular formula is C17H20F5N3O. The van der Waals surface area contributed by atoms with Gasteiger partial charge in [-0.05, 0) is 32.2 Å². The fourth-order valence-electron chi connectivity index (χ4n) is 2.10. The quantitative estimate of drug-likeness (QED) is 0.617. The summed E-state index contributed by atoms with van der Waals surface area (Å²) in [6.07, 6.45) is -2.60. The highest BCUT2D eigenvalue weighted by Gasteiger charge is 2.58. The number of halogens is 5. The van der Waals surface area contributed by atoms with Crippen LogP contribution in [0.25, 0.3) is 6.08 Å². The molecule has 4 nitrogen and oxygen atoms in total. The summed E-state index contributed by atoms with van der Waals surface area (Å²) in [5, 5.41) is 3.02. The number of amidine groups is 1. The van der Waals surface area contributed by atoms with Crippen LogP contribution in [0, 0.1) is 0 Å². The van der Waals surface area contributed by atoms with Gasteiger partial charge in [0.15, 0.2) is 0 Å². The Kier molecular flexibility index (Phi) is 7.43. The number of carbonyl (C=O) groups is 1. The summed E-state index contributed by atoms with van der Waals surface area (Å²) in [6, 6.07) is 2.33. The molecule has 1 aliphatic rings. The summed E-state index contributed by atoms with van der Waals surface area (Å²) < 4.78 is 63.7. The minimum atomic E-state index is -5.70. The van der Waals surface area contributed by atoms with E-state index >= 15 is 0 Å². The van der Waals surface area contributed by atoms with Crippen LogP contribution in [-0.2, 0) is 10.7 Å². The van der Waals surface area contributed by atoms with Crippen molar-refractivity contribution in [2.24, 2.45) is 10.7 Å². The molecule has 26 heavy (non-hydrogen) atoms. The second kappa shape index (κ2) is 8.88. The van der Waals surface area contributed by atoms with Crippen molar-refractivity contribution in [1.82, 2.24) is 5.32 Å². The molecule has 9 heteroatoms. The number of aliphatic imine (C=N–C) groups is 1. The molecule has 0 radical (unpaired) electrons. The molecule has 2 rings (SSSR count). The van der Waals surface area contributed by atoms with E-state index in [-0.39, 0.29) is 29.1 Å². The van der Waals surface area contributed by atoms with Gasteiger partial charge in [0.25, 0.3) is 0 Å². The maximum atomic E-state index is 13.3. The highest BCUT2D eigenvalue weighted by Crippen LogP contribution is 2.45. The van der Waals surface area contributed by atoms with Crippen LogP contribution in [0.15, 0.2) is 28.8 Å². The molecule has 1 aromatic carbocycles. The van der Waals surface area contributed by atoms with E-state index in [0.29, 0.717) is 18.4 Å². The van der Waals surface area contributed by atoms with E-state index in [0.717, 1.165) is 12.6 Å². The zero-order valence-electron chi connectivity index (χ0n) is 14.3. The maximum Gasteiger partial charge on any atom is 0.458 e. The van der Waals surface area contributed by atoms with E-state index in [2.05, 4.69) is 17.2 Å². The van der Waals surface area contributed by atoms with E-state index in [1.165, 1.54) is 12.5 Å². The minimum absolute atomic E-state index is 0.00315. The van der Waals surface area contributed by atoms with E-state index in [1.54, 1.807) is 0 Å². The number of benzene rings is 1. The fraction of sp³-hybridized carbons (Fsp3) is 0.412. The van der Waals surface area contributed by atoms with Crippen molar-refractivity contribution in [3.8, 4) is 0 Å². The second-order valence-electron chi connectivity index (χ2n) is 5.57. The molecule has 0 saturated heterocycles. The third kappa shape index (κ3) is 5.35. The maximum absolute atomic E-state index is 13.3. The fourth-order valence-corrected chi connectivity index (χ4v) is 2.10. The normalized spacial score (nSPS) is 14.3. The van der Waals surface area contributed by atoms with Gasteiger partial charge in [0.05, 0.1) is 5.69 Å². The third-order valence-electron chi connectivity index (χ3n) is 3.39. The molecule has 0 saturated carbocycles. The third-order valence-corrected chi connectivity index (χ3v) is 3.39. The number of alkyl halides is 5. The lowest BCUT2D eigenvalue weighted by atomic mass is 10.0. The van der Waals surface area contributed by atoms with Gasteiger partial charge in [-0.2, -0.15) is 22.0 Å². The largest absolute Gasteiger partial charge is 0.458 e. The van der Waals surface area contributed by atoms with Crippen LogP contribution >= 0.6 is 0 Å². The van der Waals surface area contributed by atoms with Crippen LogP contribution in [0.3, 0.4) is 0 Å². The van der Waals surface area contributed by atoms with E-state index in [4.69, 9.17) is 5.73 Å². The SMILES string of the molecule is CCCNC.NC1=Nc2cc(C(F)(F)C(F)(F)F)ccc2C=C(C=O)C1. The Balaban J connectivity index is 0.000000597. The Bertz CT molecular complexity index is 694. The first-order valence-corrected chi connectivity index (χ1v) is 7.79. The zero-order valence-corrected chi connectivity index (χ0v) is 14.3. The smallest absolute Gasteiger partial charge is 0.387 e. The van der Waals surface area contributed by atoms with Gasteiger partial charge in [-0.15, -0.1) is 0 Å². The van der Waals surface area contributed by atoms with Crippen LogP contribution in [0.2, 0.25) is 0 Å². The summed E-state index contributed by atoms with van der Waals surface area (Å²) in [4.78, 5) is 14.6. The number of nitrogens with one attached hydrogen (secondary N) is 1. The van der Waals surface area contributed by atoms with Gasteiger partial charge in [0.2, 0.25) is 0 Å². The van der Waals surface area contributed by atoms with Crippen molar-refractivity contribution in [2.75, 3.05) is 13.6 Å². The van der Waals surface area contributed by atoms with Gasteiger partial charge < -0.3 is 11.1 Å². The highest BCUT2D eigenvalue weighted by molar-refractivity contribution is 5.97. The van der Waals surface area contributed by atoms with E-state index in [1.807, 2.05) is 7.05 Å². The van der Waals surface area contributed by atoms with Crippen LogP contribution in [-0.4, -0.2) is 31.9 Å². The van der Waals surface area contributed by atoms with E-state index in [9.17, 15) is 26.7 Å². The molecule has 3 N–H and O–H groups in total. The number of hydrogen-bond acceptors (Lipinski definition) is 4. The number of nitrogens with zero attached hydrogens (tertiary/aromatic N) is 1. The van der Waals surface area contributed by atoms with Crippen molar-refractivity contribution in [1.29, 1.82) is 0 Å². The van der Waals surface area contributed by atoms with Gasteiger partial charge in [-0.1, -0.05) is 19.1 Å². The van der Waals surface area contributed by atoms with Crippen molar-refractivity contribution in [2.45, 2.75) is 31.9 Å². The lowest BCUT2D eigenvalue weighted by molar-refractivity contribution is -0.289. The lowest BCUT2D eigenvalue weighted by Crippen LogP contribution is -2.33. The first-order valence-electron chi connectivity index (χ1n) is 7.79. The van der Waals surface area contributed by atoms with Crippen LogP contribution in [0.1, 0.15) is 30.9 Å². The molecular weight excluding hydrogens is 357 g/mol. The molecule has 0 unspecified atom stereocenters. The molecule has 0 spiro atoms. The van der Waals surface area contributed by atoms with Gasteiger partial charge in [0, 0.05) is 23.1 Å². The summed E-state index contributed by atoms with van der Waals surface area (Å²) in [5.41, 5.74) is 4.64. The summed E-state index contributed by atoms with van der Waals surface area (Å²) in [5.74, 6) is -5.03.